The molecule has 0 unspecified atom stereocenters. The Labute approximate surface area is 77.3 Å². The first kappa shape index (κ1) is 12.7. The molecule has 0 saturated carbocycles. The highest BCUT2D eigenvalue weighted by atomic mass is 35.5. The van der Waals surface area contributed by atoms with Gasteiger partial charge in [0.25, 0.3) is 0 Å². The van der Waals surface area contributed by atoms with Gasteiger partial charge in [-0.15, -0.1) is 24.8 Å². The second-order valence-electron chi connectivity index (χ2n) is 1.63. The topological polar surface area (TPSA) is 44.0 Å². The summed E-state index contributed by atoms with van der Waals surface area (Å²) >= 11 is 0. The maximum atomic E-state index is 8.89. The van der Waals surface area contributed by atoms with Crippen molar-refractivity contribution in [2.45, 2.75) is 0 Å². The van der Waals surface area contributed by atoms with Crippen LogP contribution in [0.5, 0.6) is 5.75 Å². The van der Waals surface area contributed by atoms with Crippen molar-refractivity contribution in [3.8, 4) is 11.8 Å². The van der Waals surface area contributed by atoms with Crippen LogP contribution < -0.4 is 0 Å². The number of hydrogen-bond donors (Lipinski definition) is 1. The maximum absolute atomic E-state index is 8.89. The van der Waals surface area contributed by atoms with Gasteiger partial charge in [0.1, 0.15) is 11.8 Å². The van der Waals surface area contributed by atoms with E-state index in [0.717, 1.165) is 0 Å². The number of benzene rings is 1. The molecule has 0 radical (unpaired) electrons. The summed E-state index contributed by atoms with van der Waals surface area (Å²) in [5.74, 6) is 0.0417. The van der Waals surface area contributed by atoms with Crippen LogP contribution in [-0.2, 0) is 0 Å². The van der Waals surface area contributed by atoms with Gasteiger partial charge in [-0.25, -0.2) is 0 Å². The van der Waals surface area contributed by atoms with E-state index >= 15 is 0 Å². The highest BCUT2D eigenvalue weighted by Gasteiger charge is 1.93. The number of nitrogens with zero attached hydrogens (tertiary/aromatic N) is 1. The van der Waals surface area contributed by atoms with E-state index in [4.69, 9.17) is 10.4 Å². The van der Waals surface area contributed by atoms with Gasteiger partial charge >= 0.3 is 0 Å². The van der Waals surface area contributed by atoms with Crippen LogP contribution >= 0.6 is 24.8 Å². The lowest BCUT2D eigenvalue weighted by Crippen LogP contribution is -1.71. The first-order valence-corrected chi connectivity index (χ1v) is 2.52. The standard InChI is InChI=1S/C7H5NO.2ClH/c8-5-6-3-1-2-4-7(6)9;;/h1-4,9H;2*1H. The van der Waals surface area contributed by atoms with Gasteiger partial charge in [0.15, 0.2) is 0 Å². The summed E-state index contributed by atoms with van der Waals surface area (Å²) in [5, 5.41) is 17.2. The summed E-state index contributed by atoms with van der Waals surface area (Å²) in [4.78, 5) is 0. The van der Waals surface area contributed by atoms with Crippen molar-refractivity contribution in [1.82, 2.24) is 0 Å². The molecule has 0 spiro atoms. The normalized spacial score (nSPS) is 6.82. The summed E-state index contributed by atoms with van der Waals surface area (Å²) in [6, 6.07) is 8.28. The predicted molar refractivity (Wildman–Crippen MR) is 47.3 cm³/mol. The van der Waals surface area contributed by atoms with Crippen molar-refractivity contribution < 1.29 is 5.11 Å². The Balaban J connectivity index is 0. The molecule has 1 aromatic carbocycles. The van der Waals surface area contributed by atoms with Crippen LogP contribution in [0.25, 0.3) is 0 Å². The molecule has 0 aromatic heterocycles. The fourth-order valence-electron chi connectivity index (χ4n) is 0.568. The molecule has 0 aliphatic rings. The minimum absolute atomic E-state index is 0. The van der Waals surface area contributed by atoms with Gasteiger partial charge in [-0.05, 0) is 12.1 Å². The highest BCUT2D eigenvalue weighted by molar-refractivity contribution is 5.85. The predicted octanol–water partition coefficient (Wildman–Crippen LogP) is 2.11. The molecule has 1 aromatic rings. The van der Waals surface area contributed by atoms with E-state index in [1.165, 1.54) is 6.07 Å². The third-order valence-electron chi connectivity index (χ3n) is 1.02. The van der Waals surface area contributed by atoms with Gasteiger partial charge < -0.3 is 5.11 Å². The number of aromatic hydroxyl groups is 1. The van der Waals surface area contributed by atoms with Gasteiger partial charge in [0.2, 0.25) is 0 Å². The van der Waals surface area contributed by atoms with Crippen molar-refractivity contribution in [1.29, 1.82) is 5.26 Å². The minimum Gasteiger partial charge on any atom is -0.507 e. The third-order valence-corrected chi connectivity index (χ3v) is 1.02. The Morgan fingerprint density at radius 2 is 1.73 bits per heavy atom. The fraction of sp³-hybridized carbons (Fsp3) is 0. The summed E-state index contributed by atoms with van der Waals surface area (Å²) in [5.41, 5.74) is 0.317. The smallest absolute Gasteiger partial charge is 0.133 e. The lowest BCUT2D eigenvalue weighted by molar-refractivity contribution is 0.473. The van der Waals surface area contributed by atoms with Crippen molar-refractivity contribution >= 4 is 24.8 Å². The van der Waals surface area contributed by atoms with Gasteiger partial charge in [-0.2, -0.15) is 5.26 Å². The van der Waals surface area contributed by atoms with E-state index in [1.54, 1.807) is 18.2 Å². The van der Waals surface area contributed by atoms with Crippen LogP contribution in [0.3, 0.4) is 0 Å². The number of phenols is 1. The molecule has 0 aliphatic heterocycles. The molecule has 0 bridgehead atoms. The van der Waals surface area contributed by atoms with Crippen LogP contribution in [0, 0.1) is 11.3 Å². The molecule has 1 rings (SSSR count). The summed E-state index contributed by atoms with van der Waals surface area (Å²) in [6.45, 7) is 0. The zero-order valence-electron chi connectivity index (χ0n) is 5.52. The summed E-state index contributed by atoms with van der Waals surface area (Å²) in [7, 11) is 0. The second kappa shape index (κ2) is 5.84. The number of halogens is 2. The van der Waals surface area contributed by atoms with E-state index < -0.39 is 0 Å². The van der Waals surface area contributed by atoms with Crippen LogP contribution in [0.15, 0.2) is 24.3 Å². The van der Waals surface area contributed by atoms with Gasteiger partial charge in [0.05, 0.1) is 5.56 Å². The van der Waals surface area contributed by atoms with Crippen molar-refractivity contribution in [3.63, 3.8) is 0 Å². The average Bonchev–Trinajstić information content (AvgIpc) is 1.89. The molecule has 0 atom stereocenters. The summed E-state index contributed by atoms with van der Waals surface area (Å²) < 4.78 is 0. The molecule has 0 saturated heterocycles. The summed E-state index contributed by atoms with van der Waals surface area (Å²) in [6.07, 6.45) is 0. The molecule has 11 heavy (non-hydrogen) atoms. The Morgan fingerprint density at radius 3 is 2.09 bits per heavy atom. The molecule has 2 nitrogen and oxygen atoms in total. The van der Waals surface area contributed by atoms with E-state index in [2.05, 4.69) is 0 Å². The fourth-order valence-corrected chi connectivity index (χ4v) is 0.568. The Hall–Kier alpha value is -0.910. The molecule has 60 valence electrons. The van der Waals surface area contributed by atoms with E-state index in [0.29, 0.717) is 5.56 Å². The first-order valence-electron chi connectivity index (χ1n) is 2.52. The Bertz CT molecular complexity index is 257. The van der Waals surface area contributed by atoms with Crippen LogP contribution in [0.2, 0.25) is 0 Å². The van der Waals surface area contributed by atoms with Crippen LogP contribution in [-0.4, -0.2) is 5.11 Å². The third kappa shape index (κ3) is 3.13. The number of phenolic OH excluding ortho intramolecular Hbond substituents is 1. The van der Waals surface area contributed by atoms with Crippen molar-refractivity contribution in [2.75, 3.05) is 0 Å². The van der Waals surface area contributed by atoms with Gasteiger partial charge in [0, 0.05) is 0 Å². The van der Waals surface area contributed by atoms with E-state index in [1.807, 2.05) is 6.07 Å². The lowest BCUT2D eigenvalue weighted by atomic mass is 10.2. The molecular weight excluding hydrogens is 185 g/mol. The zero-order chi connectivity index (χ0) is 6.69. The van der Waals surface area contributed by atoms with Gasteiger partial charge in [-0.1, -0.05) is 12.1 Å². The van der Waals surface area contributed by atoms with E-state index in [9.17, 15) is 0 Å². The van der Waals surface area contributed by atoms with Gasteiger partial charge in [-0.3, -0.25) is 0 Å². The quantitative estimate of drug-likeness (QED) is 0.683. The molecule has 4 heteroatoms. The number of para-hydroxylation sites is 1. The average molecular weight is 192 g/mol. The molecular formula is C7H7Cl2NO. The molecule has 0 aliphatic carbocycles. The Kier molecular flexibility index (Phi) is 6.77. The molecule has 0 amide bonds. The lowest BCUT2D eigenvalue weighted by Gasteiger charge is -1.89. The minimum atomic E-state index is 0. The molecule has 0 heterocycles. The number of rotatable bonds is 0. The first-order chi connectivity index (χ1) is 4.34. The second-order valence-corrected chi connectivity index (χ2v) is 1.63. The van der Waals surface area contributed by atoms with Crippen molar-refractivity contribution in [3.05, 3.63) is 29.8 Å². The van der Waals surface area contributed by atoms with Crippen LogP contribution in [0.4, 0.5) is 0 Å². The van der Waals surface area contributed by atoms with E-state index in [-0.39, 0.29) is 30.6 Å². The number of nitriles is 1. The highest BCUT2D eigenvalue weighted by Crippen LogP contribution is 2.12. The monoisotopic (exact) mass is 191 g/mol. The number of hydrogen-bond acceptors (Lipinski definition) is 2. The molecule has 1 N–H and O–H groups in total. The molecule has 0 fully saturated rings. The van der Waals surface area contributed by atoms with Crippen molar-refractivity contribution in [2.24, 2.45) is 0 Å². The largest absolute Gasteiger partial charge is 0.507 e. The SMILES string of the molecule is Cl.Cl.N#Cc1ccccc1O. The maximum Gasteiger partial charge on any atom is 0.133 e. The zero-order valence-corrected chi connectivity index (χ0v) is 7.15. The Morgan fingerprint density at radius 1 is 1.18 bits per heavy atom. The van der Waals surface area contributed by atoms with Crippen LogP contribution in [0.1, 0.15) is 5.56 Å².